The van der Waals surface area contributed by atoms with Crippen molar-refractivity contribution < 1.29 is 8.78 Å². The van der Waals surface area contributed by atoms with Crippen molar-refractivity contribution in [2.75, 3.05) is 13.1 Å². The normalized spacial score (nSPS) is 31.2. The van der Waals surface area contributed by atoms with Gasteiger partial charge in [-0.05, 0) is 18.4 Å². The molecule has 3 heteroatoms. The number of halogens is 2. The molecule has 1 aromatic carbocycles. The molecule has 18 heavy (non-hydrogen) atoms. The van der Waals surface area contributed by atoms with Crippen molar-refractivity contribution >= 4 is 0 Å². The molecule has 98 valence electrons. The zero-order chi connectivity index (χ0) is 12.6. The summed E-state index contributed by atoms with van der Waals surface area (Å²) in [6.07, 6.45) is 2.35. The Kier molecular flexibility index (Phi) is 3.10. The van der Waals surface area contributed by atoms with Gasteiger partial charge in [-0.15, -0.1) is 0 Å². The van der Waals surface area contributed by atoms with Crippen LogP contribution in [0.2, 0.25) is 0 Å². The van der Waals surface area contributed by atoms with Crippen molar-refractivity contribution in [1.82, 2.24) is 4.90 Å². The van der Waals surface area contributed by atoms with Crippen LogP contribution < -0.4 is 0 Å². The highest BCUT2D eigenvalue weighted by Crippen LogP contribution is 2.46. The van der Waals surface area contributed by atoms with Gasteiger partial charge in [0.2, 0.25) is 0 Å². The SMILES string of the molecule is FC1(F)C2CCCC1CN(Cc1ccccc1)C2. The summed E-state index contributed by atoms with van der Waals surface area (Å²) in [7, 11) is 0. The van der Waals surface area contributed by atoms with Gasteiger partial charge in [0.25, 0.3) is 5.92 Å². The molecule has 0 spiro atoms. The number of benzene rings is 1. The molecule has 1 aromatic rings. The van der Waals surface area contributed by atoms with E-state index in [9.17, 15) is 8.78 Å². The van der Waals surface area contributed by atoms with Crippen molar-refractivity contribution in [3.05, 3.63) is 35.9 Å². The molecule has 2 bridgehead atoms. The van der Waals surface area contributed by atoms with Crippen molar-refractivity contribution in [2.24, 2.45) is 11.8 Å². The largest absolute Gasteiger partial charge is 0.298 e. The number of rotatable bonds is 2. The fourth-order valence-electron chi connectivity index (χ4n) is 3.42. The zero-order valence-electron chi connectivity index (χ0n) is 10.5. The Balaban J connectivity index is 1.70. The third-order valence-corrected chi connectivity index (χ3v) is 4.40. The van der Waals surface area contributed by atoms with E-state index in [1.807, 2.05) is 18.2 Å². The predicted molar refractivity (Wildman–Crippen MR) is 67.5 cm³/mol. The molecule has 1 aliphatic carbocycles. The number of hydrogen-bond acceptors (Lipinski definition) is 1. The second-order valence-electron chi connectivity index (χ2n) is 5.68. The van der Waals surface area contributed by atoms with E-state index in [1.165, 1.54) is 5.56 Å². The summed E-state index contributed by atoms with van der Waals surface area (Å²) in [5.74, 6) is -3.27. The minimum Gasteiger partial charge on any atom is -0.298 e. The van der Waals surface area contributed by atoms with Crippen LogP contribution in [0.15, 0.2) is 30.3 Å². The molecule has 1 heterocycles. The number of fused-ring (bicyclic) bond motifs is 2. The average Bonchev–Trinajstić information content (AvgIpc) is 2.31. The van der Waals surface area contributed by atoms with Gasteiger partial charge >= 0.3 is 0 Å². The number of alkyl halides is 2. The minimum atomic E-state index is -2.43. The lowest BCUT2D eigenvalue weighted by Crippen LogP contribution is -2.55. The van der Waals surface area contributed by atoms with Crippen LogP contribution in [0, 0.1) is 11.8 Å². The van der Waals surface area contributed by atoms with Gasteiger partial charge in [0.15, 0.2) is 0 Å². The Hall–Kier alpha value is -0.960. The molecule has 0 N–H and O–H groups in total. The van der Waals surface area contributed by atoms with Crippen LogP contribution >= 0.6 is 0 Å². The lowest BCUT2D eigenvalue weighted by atomic mass is 9.74. The molecule has 3 rings (SSSR count). The van der Waals surface area contributed by atoms with E-state index in [4.69, 9.17) is 0 Å². The van der Waals surface area contributed by atoms with Crippen LogP contribution in [0.25, 0.3) is 0 Å². The maximum Gasteiger partial charge on any atom is 0.256 e. The van der Waals surface area contributed by atoms with Gasteiger partial charge in [0, 0.05) is 31.5 Å². The second kappa shape index (κ2) is 4.61. The van der Waals surface area contributed by atoms with E-state index in [2.05, 4.69) is 17.0 Å². The molecule has 2 atom stereocenters. The molecule has 1 saturated heterocycles. The maximum atomic E-state index is 14.0. The first-order valence-corrected chi connectivity index (χ1v) is 6.80. The molecule has 1 aliphatic heterocycles. The Bertz CT molecular complexity index is 388. The molecule has 0 radical (unpaired) electrons. The number of piperidine rings is 1. The fraction of sp³-hybridized carbons (Fsp3) is 0.600. The van der Waals surface area contributed by atoms with Gasteiger partial charge < -0.3 is 0 Å². The molecular weight excluding hydrogens is 232 g/mol. The lowest BCUT2D eigenvalue weighted by Gasteiger charge is -2.47. The van der Waals surface area contributed by atoms with Crippen molar-refractivity contribution in [1.29, 1.82) is 0 Å². The van der Waals surface area contributed by atoms with E-state index < -0.39 is 17.8 Å². The van der Waals surface area contributed by atoms with Crippen LogP contribution in [0.4, 0.5) is 8.78 Å². The molecule has 1 nitrogen and oxygen atoms in total. The van der Waals surface area contributed by atoms with E-state index in [0.717, 1.165) is 13.0 Å². The van der Waals surface area contributed by atoms with Crippen LogP contribution in [-0.2, 0) is 6.54 Å². The quantitative estimate of drug-likeness (QED) is 0.777. The minimum absolute atomic E-state index is 0.422. The Morgan fingerprint density at radius 2 is 1.67 bits per heavy atom. The zero-order valence-corrected chi connectivity index (χ0v) is 10.5. The highest BCUT2D eigenvalue weighted by molar-refractivity contribution is 5.15. The first-order valence-electron chi connectivity index (χ1n) is 6.80. The Morgan fingerprint density at radius 1 is 1.06 bits per heavy atom. The summed E-state index contributed by atoms with van der Waals surface area (Å²) < 4.78 is 28.0. The van der Waals surface area contributed by atoms with E-state index >= 15 is 0 Å². The van der Waals surface area contributed by atoms with Gasteiger partial charge in [0.1, 0.15) is 0 Å². The summed E-state index contributed by atoms with van der Waals surface area (Å²) in [5.41, 5.74) is 1.22. The maximum absolute atomic E-state index is 14.0. The van der Waals surface area contributed by atoms with Crippen LogP contribution in [0.3, 0.4) is 0 Å². The monoisotopic (exact) mass is 251 g/mol. The topological polar surface area (TPSA) is 3.24 Å². The Labute approximate surface area is 107 Å². The van der Waals surface area contributed by atoms with Gasteiger partial charge in [-0.2, -0.15) is 0 Å². The summed E-state index contributed by atoms with van der Waals surface area (Å²) in [4.78, 5) is 2.21. The third kappa shape index (κ3) is 2.16. The Morgan fingerprint density at radius 3 is 2.28 bits per heavy atom. The van der Waals surface area contributed by atoms with Crippen LogP contribution in [0.1, 0.15) is 24.8 Å². The van der Waals surface area contributed by atoms with Crippen molar-refractivity contribution in [3.63, 3.8) is 0 Å². The van der Waals surface area contributed by atoms with Crippen molar-refractivity contribution in [2.45, 2.75) is 31.7 Å². The highest BCUT2D eigenvalue weighted by atomic mass is 19.3. The molecule has 2 unspecified atom stereocenters. The van der Waals surface area contributed by atoms with Gasteiger partial charge in [-0.3, -0.25) is 4.90 Å². The standard InChI is InChI=1S/C15H19F2N/c16-15(17)13-7-4-8-14(15)11-18(10-13)9-12-5-2-1-3-6-12/h1-3,5-6,13-14H,4,7-11H2. The number of likely N-dealkylation sites (tertiary alicyclic amines) is 1. The molecular formula is C15H19F2N. The van der Waals surface area contributed by atoms with E-state index in [-0.39, 0.29) is 0 Å². The summed E-state index contributed by atoms with van der Waals surface area (Å²) >= 11 is 0. The third-order valence-electron chi connectivity index (χ3n) is 4.40. The molecule has 1 saturated carbocycles. The van der Waals surface area contributed by atoms with E-state index in [1.54, 1.807) is 0 Å². The predicted octanol–water partition coefficient (Wildman–Crippen LogP) is 3.55. The van der Waals surface area contributed by atoms with Crippen molar-refractivity contribution in [3.8, 4) is 0 Å². The molecule has 0 aromatic heterocycles. The first kappa shape index (κ1) is 12.1. The first-order chi connectivity index (χ1) is 8.66. The van der Waals surface area contributed by atoms with Crippen LogP contribution in [-0.4, -0.2) is 23.9 Å². The lowest BCUT2D eigenvalue weighted by molar-refractivity contribution is -0.172. The number of hydrogen-bond donors (Lipinski definition) is 0. The molecule has 0 amide bonds. The van der Waals surface area contributed by atoms with Gasteiger partial charge in [-0.1, -0.05) is 36.8 Å². The molecule has 2 fully saturated rings. The van der Waals surface area contributed by atoms with Gasteiger partial charge in [0.05, 0.1) is 0 Å². The number of nitrogens with zero attached hydrogens (tertiary/aromatic N) is 1. The average molecular weight is 251 g/mol. The second-order valence-corrected chi connectivity index (χ2v) is 5.68. The van der Waals surface area contributed by atoms with Crippen LogP contribution in [0.5, 0.6) is 0 Å². The highest BCUT2D eigenvalue weighted by Gasteiger charge is 2.52. The fourth-order valence-corrected chi connectivity index (χ4v) is 3.42. The van der Waals surface area contributed by atoms with Gasteiger partial charge in [-0.25, -0.2) is 8.78 Å². The van der Waals surface area contributed by atoms with E-state index in [0.29, 0.717) is 25.9 Å². The molecule has 2 aliphatic rings. The summed E-state index contributed by atoms with van der Waals surface area (Å²) in [6, 6.07) is 10.1. The summed E-state index contributed by atoms with van der Waals surface area (Å²) in [6.45, 7) is 1.92. The smallest absolute Gasteiger partial charge is 0.256 e. The summed E-state index contributed by atoms with van der Waals surface area (Å²) in [5, 5.41) is 0.